The Morgan fingerprint density at radius 2 is 2.25 bits per heavy atom. The minimum absolute atomic E-state index is 0.222. The highest BCUT2D eigenvalue weighted by Gasteiger charge is 2.22. The molecule has 1 aliphatic rings. The molecule has 0 aromatic heterocycles. The fraction of sp³-hybridized carbons (Fsp3) is 0.900. The zero-order chi connectivity index (χ0) is 12.2. The van der Waals surface area contributed by atoms with Gasteiger partial charge in [0, 0.05) is 24.8 Å². The lowest BCUT2D eigenvalue weighted by molar-refractivity contribution is 0.215. The number of thiocarbonyl (C=S) groups is 1. The van der Waals surface area contributed by atoms with Gasteiger partial charge in [-0.25, -0.2) is 8.42 Å². The molecule has 0 amide bonds. The van der Waals surface area contributed by atoms with Gasteiger partial charge < -0.3 is 10.6 Å². The third kappa shape index (κ3) is 4.35. The third-order valence-electron chi connectivity index (χ3n) is 3.07. The first-order valence-electron chi connectivity index (χ1n) is 5.66. The highest BCUT2D eigenvalue weighted by Crippen LogP contribution is 2.16. The molecule has 1 atom stereocenters. The van der Waals surface area contributed by atoms with Crippen LogP contribution in [0.4, 0.5) is 0 Å². The second-order valence-corrected chi connectivity index (χ2v) is 7.22. The minimum Gasteiger partial charge on any atom is -0.393 e. The van der Waals surface area contributed by atoms with Gasteiger partial charge in [-0.2, -0.15) is 0 Å². The maximum atomic E-state index is 11.4. The van der Waals surface area contributed by atoms with E-state index in [-0.39, 0.29) is 17.4 Å². The number of nitrogens with zero attached hydrogens (tertiary/aromatic N) is 1. The van der Waals surface area contributed by atoms with E-state index in [0.29, 0.717) is 11.5 Å². The van der Waals surface area contributed by atoms with Crippen LogP contribution in [-0.2, 0) is 9.84 Å². The molecular weight excluding hydrogens is 244 g/mol. The number of sulfone groups is 1. The molecule has 0 radical (unpaired) electrons. The summed E-state index contributed by atoms with van der Waals surface area (Å²) < 4.78 is 22.8. The van der Waals surface area contributed by atoms with Crippen LogP contribution < -0.4 is 5.73 Å². The Bertz CT molecular complexity index is 341. The molecule has 1 heterocycles. The Kier molecular flexibility index (Phi) is 5.14. The molecule has 1 fully saturated rings. The van der Waals surface area contributed by atoms with Crippen molar-refractivity contribution in [1.29, 1.82) is 0 Å². The predicted molar refractivity (Wildman–Crippen MR) is 70.3 cm³/mol. The summed E-state index contributed by atoms with van der Waals surface area (Å²) in [6.07, 6.45) is 2.08. The maximum absolute atomic E-state index is 11.4. The number of hydrogen-bond acceptors (Lipinski definition) is 4. The van der Waals surface area contributed by atoms with E-state index >= 15 is 0 Å². The van der Waals surface area contributed by atoms with Crippen molar-refractivity contribution < 1.29 is 8.42 Å². The van der Waals surface area contributed by atoms with E-state index in [1.807, 2.05) is 0 Å². The van der Waals surface area contributed by atoms with E-state index in [2.05, 4.69) is 4.90 Å². The first kappa shape index (κ1) is 13.9. The average molecular weight is 264 g/mol. The van der Waals surface area contributed by atoms with Crippen LogP contribution in [0.15, 0.2) is 0 Å². The summed E-state index contributed by atoms with van der Waals surface area (Å²) in [5.74, 6) is 0.723. The molecule has 0 aliphatic carbocycles. The van der Waals surface area contributed by atoms with Crippen LogP contribution in [0.25, 0.3) is 0 Å². The highest BCUT2D eigenvalue weighted by atomic mass is 32.2. The molecule has 16 heavy (non-hydrogen) atoms. The zero-order valence-electron chi connectivity index (χ0n) is 9.68. The van der Waals surface area contributed by atoms with Gasteiger partial charge in [-0.1, -0.05) is 19.1 Å². The smallest absolute Gasteiger partial charge is 0.151 e. The Morgan fingerprint density at radius 3 is 2.81 bits per heavy atom. The molecule has 6 heteroatoms. The third-order valence-corrected chi connectivity index (χ3v) is 5.08. The van der Waals surface area contributed by atoms with Gasteiger partial charge in [0.05, 0.1) is 10.7 Å². The normalized spacial score (nSPS) is 23.2. The first-order valence-corrected chi connectivity index (χ1v) is 7.89. The standard InChI is InChI=1S/C10H20N2O2S2/c1-2-16(13,14)7-6-12-5-3-4-9(8-12)10(11)15/h9H,2-8H2,1H3,(H2,11,15). The summed E-state index contributed by atoms with van der Waals surface area (Å²) >= 11 is 4.98. The molecule has 0 aromatic rings. The van der Waals surface area contributed by atoms with E-state index in [1.54, 1.807) is 6.92 Å². The number of rotatable bonds is 5. The molecule has 0 aromatic carbocycles. The average Bonchev–Trinajstić information content (AvgIpc) is 2.27. The molecule has 0 spiro atoms. The topological polar surface area (TPSA) is 63.4 Å². The van der Waals surface area contributed by atoms with Crippen molar-refractivity contribution in [2.24, 2.45) is 11.7 Å². The molecule has 1 rings (SSSR count). The van der Waals surface area contributed by atoms with Crippen LogP contribution in [0.5, 0.6) is 0 Å². The largest absolute Gasteiger partial charge is 0.393 e. The molecule has 1 aliphatic heterocycles. The molecule has 94 valence electrons. The van der Waals surface area contributed by atoms with Gasteiger partial charge >= 0.3 is 0 Å². The van der Waals surface area contributed by atoms with Gasteiger partial charge in [-0.05, 0) is 19.4 Å². The van der Waals surface area contributed by atoms with Gasteiger partial charge in [0.25, 0.3) is 0 Å². The second kappa shape index (κ2) is 5.93. The van der Waals surface area contributed by atoms with Crippen molar-refractivity contribution >= 4 is 27.0 Å². The van der Waals surface area contributed by atoms with Crippen LogP contribution in [0.2, 0.25) is 0 Å². The predicted octanol–water partition coefficient (Wildman–Crippen LogP) is 0.419. The SMILES string of the molecule is CCS(=O)(=O)CCN1CCCC(C(N)=S)C1. The van der Waals surface area contributed by atoms with Crippen molar-refractivity contribution in [2.45, 2.75) is 19.8 Å². The summed E-state index contributed by atoms with van der Waals surface area (Å²) in [7, 11) is -2.86. The van der Waals surface area contributed by atoms with E-state index < -0.39 is 9.84 Å². The summed E-state index contributed by atoms with van der Waals surface area (Å²) in [5, 5.41) is 0. The van der Waals surface area contributed by atoms with Crippen molar-refractivity contribution in [3.8, 4) is 0 Å². The minimum atomic E-state index is -2.86. The Labute approximate surface area is 103 Å². The molecule has 1 unspecified atom stereocenters. The summed E-state index contributed by atoms with van der Waals surface area (Å²) in [4.78, 5) is 2.71. The van der Waals surface area contributed by atoms with Crippen LogP contribution in [0.1, 0.15) is 19.8 Å². The fourth-order valence-corrected chi connectivity index (χ4v) is 2.92. The van der Waals surface area contributed by atoms with Gasteiger partial charge in [0.1, 0.15) is 0 Å². The van der Waals surface area contributed by atoms with Crippen LogP contribution in [0, 0.1) is 5.92 Å². The van der Waals surface area contributed by atoms with Crippen LogP contribution in [-0.4, -0.2) is 49.4 Å². The molecule has 4 nitrogen and oxygen atoms in total. The lowest BCUT2D eigenvalue weighted by Gasteiger charge is -2.31. The van der Waals surface area contributed by atoms with Gasteiger partial charge in [-0.15, -0.1) is 0 Å². The molecule has 0 bridgehead atoms. The van der Waals surface area contributed by atoms with Crippen molar-refractivity contribution in [3.63, 3.8) is 0 Å². The Balaban J connectivity index is 2.41. The van der Waals surface area contributed by atoms with Crippen LogP contribution in [0.3, 0.4) is 0 Å². The van der Waals surface area contributed by atoms with Gasteiger partial charge in [0.2, 0.25) is 0 Å². The zero-order valence-corrected chi connectivity index (χ0v) is 11.3. The summed E-state index contributed by atoms with van der Waals surface area (Å²) in [5.41, 5.74) is 5.62. The lowest BCUT2D eigenvalue weighted by Crippen LogP contribution is -2.42. The number of piperidine rings is 1. The first-order chi connectivity index (χ1) is 7.44. The molecular formula is C10H20N2O2S2. The lowest BCUT2D eigenvalue weighted by atomic mass is 9.98. The summed E-state index contributed by atoms with van der Waals surface area (Å²) in [6, 6.07) is 0. The number of likely N-dealkylation sites (tertiary alicyclic amines) is 1. The second-order valence-electron chi connectivity index (χ2n) is 4.28. The van der Waals surface area contributed by atoms with E-state index in [4.69, 9.17) is 18.0 Å². The van der Waals surface area contributed by atoms with Crippen LogP contribution >= 0.6 is 12.2 Å². The van der Waals surface area contributed by atoms with Crippen molar-refractivity contribution in [1.82, 2.24) is 4.90 Å². The Morgan fingerprint density at radius 1 is 1.56 bits per heavy atom. The Hall–Kier alpha value is -0.200. The van der Waals surface area contributed by atoms with E-state index in [0.717, 1.165) is 25.9 Å². The summed E-state index contributed by atoms with van der Waals surface area (Å²) in [6.45, 7) is 4.06. The van der Waals surface area contributed by atoms with Crippen molar-refractivity contribution in [2.75, 3.05) is 31.1 Å². The monoisotopic (exact) mass is 264 g/mol. The molecule has 1 saturated heterocycles. The van der Waals surface area contributed by atoms with Gasteiger partial charge in [0.15, 0.2) is 9.84 Å². The van der Waals surface area contributed by atoms with Gasteiger partial charge in [-0.3, -0.25) is 0 Å². The molecule has 2 N–H and O–H groups in total. The maximum Gasteiger partial charge on any atom is 0.151 e. The quantitative estimate of drug-likeness (QED) is 0.729. The van der Waals surface area contributed by atoms with E-state index in [1.165, 1.54) is 0 Å². The molecule has 0 saturated carbocycles. The highest BCUT2D eigenvalue weighted by molar-refractivity contribution is 7.91. The number of nitrogens with two attached hydrogens (primary N) is 1. The van der Waals surface area contributed by atoms with E-state index in [9.17, 15) is 8.42 Å². The number of hydrogen-bond donors (Lipinski definition) is 1. The fourth-order valence-electron chi connectivity index (χ4n) is 1.90. The van der Waals surface area contributed by atoms with Crippen molar-refractivity contribution in [3.05, 3.63) is 0 Å².